The molecule has 0 aliphatic carbocycles. The first-order valence-corrected chi connectivity index (χ1v) is 12.7. The summed E-state index contributed by atoms with van der Waals surface area (Å²) in [6, 6.07) is 10.7. The highest BCUT2D eigenvalue weighted by Crippen LogP contribution is 2.27. The van der Waals surface area contributed by atoms with Gasteiger partial charge >= 0.3 is 0 Å². The number of hydrogen-bond acceptors (Lipinski definition) is 4. The minimum absolute atomic E-state index is 0.0551. The molecular formula is C24H29F2N3O3S. The van der Waals surface area contributed by atoms with Crippen molar-refractivity contribution < 1.29 is 22.0 Å². The average Bonchev–Trinajstić information content (AvgIpc) is 2.82. The Balaban J connectivity index is 1.30. The predicted octanol–water partition coefficient (Wildman–Crippen LogP) is 3.02. The van der Waals surface area contributed by atoms with Gasteiger partial charge in [-0.1, -0.05) is 24.3 Å². The fourth-order valence-corrected chi connectivity index (χ4v) is 6.12. The molecule has 6 nitrogen and oxygen atoms in total. The van der Waals surface area contributed by atoms with E-state index in [0.29, 0.717) is 32.0 Å². The Morgan fingerprint density at radius 3 is 2.30 bits per heavy atom. The summed E-state index contributed by atoms with van der Waals surface area (Å²) in [6.45, 7) is 6.09. The molecule has 2 aromatic carbocycles. The average molecular weight is 478 g/mol. The third-order valence-corrected chi connectivity index (χ3v) is 8.57. The Morgan fingerprint density at radius 2 is 1.64 bits per heavy atom. The smallest absolute Gasteiger partial charge is 0.246 e. The summed E-state index contributed by atoms with van der Waals surface area (Å²) >= 11 is 0. The second kappa shape index (κ2) is 9.87. The zero-order valence-corrected chi connectivity index (χ0v) is 19.5. The first kappa shape index (κ1) is 23.8. The quantitative estimate of drug-likeness (QED) is 0.664. The lowest BCUT2D eigenvalue weighted by Crippen LogP contribution is -2.51. The molecule has 0 bridgehead atoms. The third-order valence-electron chi connectivity index (χ3n) is 6.65. The topological polar surface area (TPSA) is 60.9 Å². The number of halogens is 2. The fraction of sp³-hybridized carbons (Fsp3) is 0.458. The molecule has 0 atom stereocenters. The van der Waals surface area contributed by atoms with E-state index in [-0.39, 0.29) is 24.9 Å². The molecule has 2 saturated heterocycles. The Labute approximate surface area is 193 Å². The molecule has 1 amide bonds. The number of piperidine rings is 1. The molecule has 33 heavy (non-hydrogen) atoms. The van der Waals surface area contributed by atoms with Gasteiger partial charge < -0.3 is 4.90 Å². The van der Waals surface area contributed by atoms with Crippen LogP contribution < -0.4 is 0 Å². The second-order valence-corrected chi connectivity index (χ2v) is 10.7. The van der Waals surface area contributed by atoms with Crippen molar-refractivity contribution in [3.05, 3.63) is 65.2 Å². The lowest BCUT2D eigenvalue weighted by atomic mass is 9.96. The molecule has 4 rings (SSSR count). The number of carbonyl (C=O) groups is 1. The third kappa shape index (κ3) is 5.26. The van der Waals surface area contributed by atoms with Gasteiger partial charge in [0.15, 0.2) is 0 Å². The fourth-order valence-electron chi connectivity index (χ4n) is 4.57. The number of sulfonamides is 1. The summed E-state index contributed by atoms with van der Waals surface area (Å²) in [5, 5.41) is 0. The van der Waals surface area contributed by atoms with Crippen molar-refractivity contribution in [3.8, 4) is 0 Å². The van der Waals surface area contributed by atoms with Gasteiger partial charge in [-0.25, -0.2) is 17.2 Å². The van der Waals surface area contributed by atoms with E-state index in [1.165, 1.54) is 11.1 Å². The number of piperazine rings is 1. The van der Waals surface area contributed by atoms with Crippen molar-refractivity contribution >= 4 is 15.9 Å². The van der Waals surface area contributed by atoms with Crippen LogP contribution >= 0.6 is 0 Å². The van der Waals surface area contributed by atoms with Gasteiger partial charge in [-0.2, -0.15) is 4.31 Å². The van der Waals surface area contributed by atoms with E-state index in [2.05, 4.69) is 24.0 Å². The van der Waals surface area contributed by atoms with Gasteiger partial charge in [0.1, 0.15) is 16.5 Å². The van der Waals surface area contributed by atoms with Crippen LogP contribution in [0, 0.1) is 24.5 Å². The van der Waals surface area contributed by atoms with E-state index in [4.69, 9.17) is 0 Å². The summed E-state index contributed by atoms with van der Waals surface area (Å²) in [4.78, 5) is 16.6. The molecule has 2 aliphatic rings. The lowest BCUT2D eigenvalue weighted by Gasteiger charge is -2.38. The number of rotatable bonds is 5. The summed E-state index contributed by atoms with van der Waals surface area (Å²) in [5.74, 6) is -1.98. The van der Waals surface area contributed by atoms with Gasteiger partial charge in [-0.3, -0.25) is 9.69 Å². The number of aryl methyl sites for hydroxylation is 1. The molecule has 0 spiro atoms. The molecule has 0 saturated carbocycles. The van der Waals surface area contributed by atoms with Gasteiger partial charge in [0.05, 0.1) is 0 Å². The first-order chi connectivity index (χ1) is 15.8. The van der Waals surface area contributed by atoms with Crippen molar-refractivity contribution in [2.75, 3.05) is 39.3 Å². The highest BCUT2D eigenvalue weighted by Gasteiger charge is 2.35. The van der Waals surface area contributed by atoms with Gasteiger partial charge in [0, 0.05) is 51.7 Å². The number of nitrogens with zero attached hydrogens (tertiary/aromatic N) is 3. The van der Waals surface area contributed by atoms with Gasteiger partial charge in [-0.15, -0.1) is 0 Å². The van der Waals surface area contributed by atoms with E-state index in [0.717, 1.165) is 36.1 Å². The van der Waals surface area contributed by atoms with Crippen LogP contribution in [0.4, 0.5) is 8.78 Å². The molecule has 2 fully saturated rings. The maximum Gasteiger partial charge on any atom is 0.246 e. The number of hydrogen-bond donors (Lipinski definition) is 0. The Kier molecular flexibility index (Phi) is 7.11. The van der Waals surface area contributed by atoms with Crippen molar-refractivity contribution in [1.29, 1.82) is 0 Å². The van der Waals surface area contributed by atoms with Gasteiger partial charge in [0.2, 0.25) is 15.9 Å². The van der Waals surface area contributed by atoms with Crippen LogP contribution in [0.1, 0.15) is 24.0 Å². The lowest BCUT2D eigenvalue weighted by molar-refractivity contribution is -0.138. The maximum absolute atomic E-state index is 14.0. The molecule has 0 radical (unpaired) electrons. The van der Waals surface area contributed by atoms with Crippen LogP contribution in [-0.2, 0) is 21.4 Å². The number of amides is 1. The summed E-state index contributed by atoms with van der Waals surface area (Å²) in [7, 11) is -4.14. The van der Waals surface area contributed by atoms with E-state index < -0.39 is 26.6 Å². The highest BCUT2D eigenvalue weighted by molar-refractivity contribution is 7.89. The molecule has 0 N–H and O–H groups in total. The molecule has 2 aliphatic heterocycles. The van der Waals surface area contributed by atoms with Gasteiger partial charge in [-0.05, 0) is 49.1 Å². The van der Waals surface area contributed by atoms with Crippen LogP contribution in [0.3, 0.4) is 0 Å². The molecule has 178 valence electrons. The van der Waals surface area contributed by atoms with E-state index >= 15 is 0 Å². The SMILES string of the molecule is Cc1ccccc1CN1CCN(C(=O)C2CCN(S(=O)(=O)c3cc(F)ccc3F)CC2)CC1. The van der Waals surface area contributed by atoms with Crippen LogP contribution in [0.15, 0.2) is 47.4 Å². The summed E-state index contributed by atoms with van der Waals surface area (Å²) in [6.07, 6.45) is 0.747. The molecule has 2 heterocycles. The minimum atomic E-state index is -4.14. The number of benzene rings is 2. The standard InChI is InChI=1S/C24H29F2N3O3S/c1-18-4-2-3-5-20(18)17-27-12-14-28(15-13-27)24(30)19-8-10-29(11-9-19)33(31,32)23-16-21(25)6-7-22(23)26/h2-7,16,19H,8-15,17H2,1H3. The zero-order chi connectivity index (χ0) is 23.6. The summed E-state index contributed by atoms with van der Waals surface area (Å²) in [5.41, 5.74) is 2.55. The van der Waals surface area contributed by atoms with E-state index in [1.807, 2.05) is 17.0 Å². The van der Waals surface area contributed by atoms with Crippen LogP contribution in [-0.4, -0.2) is 67.7 Å². The van der Waals surface area contributed by atoms with Crippen molar-refractivity contribution in [2.45, 2.75) is 31.2 Å². The van der Waals surface area contributed by atoms with Crippen LogP contribution in [0.25, 0.3) is 0 Å². The van der Waals surface area contributed by atoms with Crippen LogP contribution in [0.2, 0.25) is 0 Å². The van der Waals surface area contributed by atoms with Crippen LogP contribution in [0.5, 0.6) is 0 Å². The summed E-state index contributed by atoms with van der Waals surface area (Å²) < 4.78 is 54.2. The van der Waals surface area contributed by atoms with Crippen molar-refractivity contribution in [1.82, 2.24) is 14.1 Å². The first-order valence-electron chi connectivity index (χ1n) is 11.3. The maximum atomic E-state index is 14.0. The molecule has 0 unspecified atom stereocenters. The number of carbonyl (C=O) groups excluding carboxylic acids is 1. The minimum Gasteiger partial charge on any atom is -0.340 e. The Bertz CT molecular complexity index is 1110. The largest absolute Gasteiger partial charge is 0.340 e. The monoisotopic (exact) mass is 477 g/mol. The molecule has 0 aromatic heterocycles. The molecule has 2 aromatic rings. The van der Waals surface area contributed by atoms with Crippen molar-refractivity contribution in [3.63, 3.8) is 0 Å². The van der Waals surface area contributed by atoms with E-state index in [9.17, 15) is 22.0 Å². The van der Waals surface area contributed by atoms with E-state index in [1.54, 1.807) is 0 Å². The second-order valence-electron chi connectivity index (χ2n) is 8.78. The zero-order valence-electron chi connectivity index (χ0n) is 18.7. The highest BCUT2D eigenvalue weighted by atomic mass is 32.2. The molecule has 9 heteroatoms. The normalized spacial score (nSPS) is 19.1. The molecular weight excluding hydrogens is 448 g/mol. The Hall–Kier alpha value is -2.36. The predicted molar refractivity (Wildman–Crippen MR) is 121 cm³/mol. The Morgan fingerprint density at radius 1 is 0.970 bits per heavy atom. The van der Waals surface area contributed by atoms with Crippen molar-refractivity contribution in [2.24, 2.45) is 5.92 Å². The van der Waals surface area contributed by atoms with Gasteiger partial charge in [0.25, 0.3) is 0 Å².